The van der Waals surface area contributed by atoms with Crippen LogP contribution in [0.2, 0.25) is 0 Å². The summed E-state index contributed by atoms with van der Waals surface area (Å²) in [6.45, 7) is 8.37. The summed E-state index contributed by atoms with van der Waals surface area (Å²) in [5.74, 6) is 0. The van der Waals surface area contributed by atoms with Gasteiger partial charge in [-0.3, -0.25) is 4.85 Å². The molecule has 0 unspecified atom stereocenters. The first-order chi connectivity index (χ1) is 5.91. The Hall–Kier alpha value is -0.600. The Labute approximate surface area is 79.3 Å². The topological polar surface area (TPSA) is 41.7 Å². The summed E-state index contributed by atoms with van der Waals surface area (Å²) in [6, 6.07) is 0. The van der Waals surface area contributed by atoms with Crippen molar-refractivity contribution in [2.24, 2.45) is 0 Å². The lowest BCUT2D eigenvalue weighted by molar-refractivity contribution is 0.252. The van der Waals surface area contributed by atoms with Crippen molar-refractivity contribution >= 4 is 9.84 Å². The quantitative estimate of drug-likeness (QED) is 0.577. The molecule has 5 heteroatoms. The molecule has 0 aromatic heterocycles. The van der Waals surface area contributed by atoms with Crippen LogP contribution in [-0.2, 0) is 9.84 Å². The van der Waals surface area contributed by atoms with Gasteiger partial charge in [-0.15, -0.1) is 0 Å². The minimum Gasteiger partial charge on any atom is -0.306 e. The van der Waals surface area contributed by atoms with Gasteiger partial charge in [0, 0.05) is 19.3 Å². The summed E-state index contributed by atoms with van der Waals surface area (Å²) >= 11 is 0. The molecule has 4 nitrogen and oxygen atoms in total. The summed E-state index contributed by atoms with van der Waals surface area (Å²) in [6.07, 6.45) is 2.04. The minimum absolute atomic E-state index is 0.436. The molecule has 13 heavy (non-hydrogen) atoms. The maximum absolute atomic E-state index is 11.4. The Morgan fingerprint density at radius 1 is 1.38 bits per heavy atom. The van der Waals surface area contributed by atoms with E-state index in [1.807, 2.05) is 7.05 Å². The van der Waals surface area contributed by atoms with Gasteiger partial charge in [0.2, 0.25) is 9.84 Å². The molecule has 74 valence electrons. The molecule has 0 bridgehead atoms. The number of hydrogen-bond acceptors (Lipinski definition) is 3. The van der Waals surface area contributed by atoms with Crippen LogP contribution in [0, 0.1) is 6.57 Å². The van der Waals surface area contributed by atoms with E-state index in [1.54, 1.807) is 0 Å². The molecule has 1 fully saturated rings. The summed E-state index contributed by atoms with van der Waals surface area (Å²) in [5, 5.41) is 0. The third-order valence-corrected chi connectivity index (χ3v) is 4.54. The largest absolute Gasteiger partial charge is 0.331 e. The van der Waals surface area contributed by atoms with Crippen LogP contribution in [0.4, 0.5) is 0 Å². The zero-order valence-corrected chi connectivity index (χ0v) is 8.76. The maximum atomic E-state index is 11.4. The number of piperidine rings is 1. The van der Waals surface area contributed by atoms with Gasteiger partial charge in [-0.25, -0.2) is 15.0 Å². The zero-order chi connectivity index (χ0) is 10.1. The van der Waals surface area contributed by atoms with Crippen LogP contribution >= 0.6 is 0 Å². The van der Waals surface area contributed by atoms with E-state index in [0.29, 0.717) is 25.9 Å². The van der Waals surface area contributed by atoms with Crippen molar-refractivity contribution in [3.63, 3.8) is 0 Å². The van der Waals surface area contributed by atoms with Crippen molar-refractivity contribution in [1.82, 2.24) is 4.90 Å². The van der Waals surface area contributed by atoms with Gasteiger partial charge in [-0.2, -0.15) is 0 Å². The van der Waals surface area contributed by atoms with E-state index < -0.39 is 14.7 Å². The molecule has 1 aliphatic rings. The lowest BCUT2D eigenvalue weighted by Crippen LogP contribution is -2.45. The Kier molecular flexibility index (Phi) is 2.64. The number of rotatable bonds is 1. The van der Waals surface area contributed by atoms with Gasteiger partial charge in [0.25, 0.3) is 0 Å². The fraction of sp³-hybridized carbons (Fsp3) is 0.875. The van der Waals surface area contributed by atoms with Crippen LogP contribution in [0.25, 0.3) is 4.85 Å². The second kappa shape index (κ2) is 3.28. The van der Waals surface area contributed by atoms with E-state index in [-0.39, 0.29) is 0 Å². The average molecular weight is 202 g/mol. The molecule has 1 heterocycles. The molecular formula is C8H14N2O2S. The smallest absolute Gasteiger partial charge is 0.306 e. The normalized spacial score (nSPS) is 23.8. The van der Waals surface area contributed by atoms with Gasteiger partial charge in [0.15, 0.2) is 0 Å². The van der Waals surface area contributed by atoms with E-state index in [9.17, 15) is 8.42 Å². The van der Waals surface area contributed by atoms with Crippen molar-refractivity contribution in [2.75, 3.05) is 26.4 Å². The molecule has 0 aromatic rings. The molecule has 0 aliphatic carbocycles. The molecule has 1 saturated heterocycles. The van der Waals surface area contributed by atoms with Crippen LogP contribution in [0.15, 0.2) is 0 Å². The second-order valence-electron chi connectivity index (χ2n) is 3.63. The lowest BCUT2D eigenvalue weighted by atomic mass is 10.1. The van der Waals surface area contributed by atoms with Gasteiger partial charge >= 0.3 is 4.87 Å². The molecule has 1 aliphatic heterocycles. The van der Waals surface area contributed by atoms with Crippen molar-refractivity contribution in [3.8, 4) is 0 Å². The third kappa shape index (κ3) is 1.84. The highest BCUT2D eigenvalue weighted by molar-refractivity contribution is 7.92. The first-order valence-electron chi connectivity index (χ1n) is 4.18. The van der Waals surface area contributed by atoms with Crippen molar-refractivity contribution in [1.29, 1.82) is 0 Å². The van der Waals surface area contributed by atoms with Crippen molar-refractivity contribution < 1.29 is 8.42 Å². The van der Waals surface area contributed by atoms with E-state index >= 15 is 0 Å². The van der Waals surface area contributed by atoms with E-state index in [1.165, 1.54) is 0 Å². The van der Waals surface area contributed by atoms with Crippen LogP contribution in [0.1, 0.15) is 12.8 Å². The van der Waals surface area contributed by atoms with Crippen LogP contribution in [0.3, 0.4) is 0 Å². The maximum Gasteiger partial charge on any atom is 0.331 e. The number of hydrogen-bond donors (Lipinski definition) is 0. The molecule has 0 saturated carbocycles. The standard InChI is InChI=1S/C8H14N2O2S/c1-9-8(13(3,11)12)4-6-10(2)7-5-8/h4-7H2,2-3H3. The highest BCUT2D eigenvalue weighted by atomic mass is 32.2. The first kappa shape index (κ1) is 10.5. The van der Waals surface area contributed by atoms with Gasteiger partial charge < -0.3 is 4.90 Å². The van der Waals surface area contributed by atoms with E-state index in [2.05, 4.69) is 9.74 Å². The fourth-order valence-corrected chi connectivity index (χ4v) is 2.62. The van der Waals surface area contributed by atoms with E-state index in [4.69, 9.17) is 6.57 Å². The highest BCUT2D eigenvalue weighted by Crippen LogP contribution is 2.30. The zero-order valence-electron chi connectivity index (χ0n) is 7.95. The number of likely N-dealkylation sites (tertiary alicyclic amines) is 1. The van der Waals surface area contributed by atoms with E-state index in [0.717, 1.165) is 6.26 Å². The minimum atomic E-state index is -3.24. The summed E-state index contributed by atoms with van der Waals surface area (Å²) in [7, 11) is -1.30. The Bertz CT molecular complexity index is 321. The van der Waals surface area contributed by atoms with Gasteiger partial charge in [0.05, 0.1) is 12.8 Å². The molecule has 1 rings (SSSR count). The van der Waals surface area contributed by atoms with Gasteiger partial charge in [-0.1, -0.05) is 0 Å². The molecule has 0 amide bonds. The molecule has 0 spiro atoms. The Morgan fingerprint density at radius 3 is 2.15 bits per heavy atom. The predicted molar refractivity (Wildman–Crippen MR) is 50.9 cm³/mol. The SMILES string of the molecule is [C-]#[N+]C1(S(C)(=O)=O)CCN(C)CC1. The lowest BCUT2D eigenvalue weighted by Gasteiger charge is -2.30. The average Bonchev–Trinajstić information content (AvgIpc) is 2.04. The molecule has 0 atom stereocenters. The van der Waals surface area contributed by atoms with Crippen molar-refractivity contribution in [3.05, 3.63) is 11.4 Å². The molecule has 0 radical (unpaired) electrons. The fourth-order valence-electron chi connectivity index (χ4n) is 1.53. The second-order valence-corrected chi connectivity index (χ2v) is 5.94. The molecular weight excluding hydrogens is 188 g/mol. The summed E-state index contributed by atoms with van der Waals surface area (Å²) in [5.41, 5.74) is 0. The summed E-state index contributed by atoms with van der Waals surface area (Å²) < 4.78 is 22.8. The van der Waals surface area contributed by atoms with Crippen LogP contribution in [-0.4, -0.2) is 44.6 Å². The Morgan fingerprint density at radius 2 is 1.85 bits per heavy atom. The molecule has 0 aromatic carbocycles. The van der Waals surface area contributed by atoms with Crippen molar-refractivity contribution in [2.45, 2.75) is 17.7 Å². The van der Waals surface area contributed by atoms with Gasteiger partial charge in [0.1, 0.15) is 0 Å². The van der Waals surface area contributed by atoms with Crippen LogP contribution in [0.5, 0.6) is 0 Å². The van der Waals surface area contributed by atoms with Gasteiger partial charge in [-0.05, 0) is 7.05 Å². The Balaban J connectivity index is 2.93. The number of sulfone groups is 1. The highest BCUT2D eigenvalue weighted by Gasteiger charge is 2.49. The summed E-state index contributed by atoms with van der Waals surface area (Å²) in [4.78, 5) is 4.23. The monoisotopic (exact) mass is 202 g/mol. The number of nitrogens with zero attached hydrogens (tertiary/aromatic N) is 2. The van der Waals surface area contributed by atoms with Crippen LogP contribution < -0.4 is 0 Å². The molecule has 0 N–H and O–H groups in total. The third-order valence-electron chi connectivity index (χ3n) is 2.66. The first-order valence-corrected chi connectivity index (χ1v) is 6.07. The predicted octanol–water partition coefficient (Wildman–Crippen LogP) is 0.372.